The largest absolute Gasteiger partial charge is 0.504 e. The Balaban J connectivity index is 2.16. The first-order chi connectivity index (χ1) is 9.54. The first-order valence-electron chi connectivity index (χ1n) is 5.87. The molecule has 4 heteroatoms. The topological polar surface area (TPSA) is 66.8 Å². The quantitative estimate of drug-likeness (QED) is 0.361. The van der Waals surface area contributed by atoms with E-state index in [0.29, 0.717) is 11.3 Å². The maximum Gasteiger partial charge on any atom is 0.308 e. The van der Waals surface area contributed by atoms with Crippen LogP contribution >= 0.6 is 0 Å². The molecule has 0 aliphatic heterocycles. The van der Waals surface area contributed by atoms with Crippen LogP contribution in [0.25, 0.3) is 0 Å². The number of phenolic OH excluding ortho intramolecular Hbond substituents is 2. The Labute approximate surface area is 116 Å². The fourth-order valence-corrected chi connectivity index (χ4v) is 1.52. The number of phenols is 2. The van der Waals surface area contributed by atoms with Crippen molar-refractivity contribution in [1.29, 1.82) is 0 Å². The third-order valence-corrected chi connectivity index (χ3v) is 2.44. The molecule has 0 atom stereocenters. The van der Waals surface area contributed by atoms with Gasteiger partial charge in [-0.2, -0.15) is 0 Å². The van der Waals surface area contributed by atoms with Gasteiger partial charge in [-0.3, -0.25) is 4.79 Å². The Bertz CT molecular complexity index is 691. The maximum absolute atomic E-state index is 10.8. The van der Waals surface area contributed by atoms with Crippen LogP contribution in [0.15, 0.2) is 42.5 Å². The number of carbonyl (C=O) groups excluding carboxylic acids is 1. The van der Waals surface area contributed by atoms with Crippen molar-refractivity contribution in [3.05, 3.63) is 53.6 Å². The Morgan fingerprint density at radius 1 is 0.950 bits per heavy atom. The average molecular weight is 268 g/mol. The molecule has 20 heavy (non-hydrogen) atoms. The zero-order valence-corrected chi connectivity index (χ0v) is 10.8. The zero-order chi connectivity index (χ0) is 14.5. The molecular weight excluding hydrogens is 256 g/mol. The maximum atomic E-state index is 10.8. The van der Waals surface area contributed by atoms with Crippen molar-refractivity contribution in [1.82, 2.24) is 0 Å². The second-order valence-electron chi connectivity index (χ2n) is 4.07. The van der Waals surface area contributed by atoms with Gasteiger partial charge in [0.25, 0.3) is 0 Å². The van der Waals surface area contributed by atoms with E-state index >= 15 is 0 Å². The van der Waals surface area contributed by atoms with Gasteiger partial charge < -0.3 is 14.9 Å². The Morgan fingerprint density at radius 3 is 2.15 bits per heavy atom. The van der Waals surface area contributed by atoms with Gasteiger partial charge in [0.2, 0.25) is 0 Å². The minimum Gasteiger partial charge on any atom is -0.504 e. The molecule has 0 aliphatic rings. The van der Waals surface area contributed by atoms with Crippen LogP contribution in [0.3, 0.4) is 0 Å². The summed E-state index contributed by atoms with van der Waals surface area (Å²) in [5.41, 5.74) is 1.33. The van der Waals surface area contributed by atoms with Gasteiger partial charge in [0.1, 0.15) is 5.75 Å². The number of benzene rings is 2. The number of esters is 1. The standard InChI is InChI=1S/C16H12O4/c1-11(17)20-14-7-4-12(5-8-14)2-3-13-6-9-15(18)16(19)10-13/h4-10,18-19H,1H3. The predicted octanol–water partition coefficient (Wildman–Crippen LogP) is 2.42. The third kappa shape index (κ3) is 3.53. The van der Waals surface area contributed by atoms with E-state index < -0.39 is 0 Å². The van der Waals surface area contributed by atoms with Crippen molar-refractivity contribution >= 4 is 5.97 Å². The minimum atomic E-state index is -0.372. The predicted molar refractivity (Wildman–Crippen MR) is 73.5 cm³/mol. The van der Waals surface area contributed by atoms with Crippen LogP contribution in [0.5, 0.6) is 17.2 Å². The summed E-state index contributed by atoms with van der Waals surface area (Å²) in [6.45, 7) is 1.34. The lowest BCUT2D eigenvalue weighted by atomic mass is 10.1. The van der Waals surface area contributed by atoms with Crippen LogP contribution in [-0.2, 0) is 4.79 Å². The van der Waals surface area contributed by atoms with Gasteiger partial charge in [-0.1, -0.05) is 11.8 Å². The molecule has 2 aromatic rings. The van der Waals surface area contributed by atoms with Crippen LogP contribution in [0.2, 0.25) is 0 Å². The van der Waals surface area contributed by atoms with E-state index in [9.17, 15) is 15.0 Å². The molecule has 0 bridgehead atoms. The highest BCUT2D eigenvalue weighted by molar-refractivity contribution is 5.69. The normalized spacial score (nSPS) is 9.45. The van der Waals surface area contributed by atoms with Crippen LogP contribution in [-0.4, -0.2) is 16.2 Å². The molecule has 0 saturated carbocycles. The Morgan fingerprint density at radius 2 is 1.55 bits per heavy atom. The molecule has 0 radical (unpaired) electrons. The van der Waals surface area contributed by atoms with Gasteiger partial charge in [-0.15, -0.1) is 0 Å². The highest BCUT2D eigenvalue weighted by atomic mass is 16.5. The van der Waals surface area contributed by atoms with E-state index in [1.807, 2.05) is 0 Å². The van der Waals surface area contributed by atoms with E-state index in [1.165, 1.54) is 19.1 Å². The lowest BCUT2D eigenvalue weighted by Gasteiger charge is -2.00. The molecule has 0 fully saturated rings. The van der Waals surface area contributed by atoms with E-state index in [-0.39, 0.29) is 17.5 Å². The molecule has 0 heterocycles. The Hall–Kier alpha value is -2.93. The first kappa shape index (κ1) is 13.5. The average Bonchev–Trinajstić information content (AvgIpc) is 2.41. The van der Waals surface area contributed by atoms with Crippen molar-refractivity contribution in [2.45, 2.75) is 6.92 Å². The molecule has 0 aliphatic carbocycles. The van der Waals surface area contributed by atoms with Gasteiger partial charge in [0.15, 0.2) is 11.5 Å². The SMILES string of the molecule is CC(=O)Oc1ccc(C#Cc2ccc(O)c(O)c2)cc1. The second-order valence-corrected chi connectivity index (χ2v) is 4.07. The smallest absolute Gasteiger partial charge is 0.308 e. The molecule has 0 spiro atoms. The highest BCUT2D eigenvalue weighted by Crippen LogP contribution is 2.24. The fourth-order valence-electron chi connectivity index (χ4n) is 1.52. The molecule has 0 aromatic heterocycles. The Kier molecular flexibility index (Phi) is 3.92. The number of hydrogen-bond donors (Lipinski definition) is 2. The summed E-state index contributed by atoms with van der Waals surface area (Å²) in [6.07, 6.45) is 0. The molecule has 0 saturated heterocycles. The fraction of sp³-hybridized carbons (Fsp3) is 0.0625. The number of aromatic hydroxyl groups is 2. The summed E-state index contributed by atoms with van der Waals surface area (Å²) >= 11 is 0. The lowest BCUT2D eigenvalue weighted by molar-refractivity contribution is -0.131. The summed E-state index contributed by atoms with van der Waals surface area (Å²) in [5.74, 6) is 5.47. The third-order valence-electron chi connectivity index (χ3n) is 2.44. The summed E-state index contributed by atoms with van der Waals surface area (Å²) in [5, 5.41) is 18.5. The van der Waals surface area contributed by atoms with Gasteiger partial charge in [-0.25, -0.2) is 0 Å². The number of ether oxygens (including phenoxy) is 1. The highest BCUT2D eigenvalue weighted by Gasteiger charge is 1.99. The van der Waals surface area contributed by atoms with Crippen molar-refractivity contribution < 1.29 is 19.7 Å². The minimum absolute atomic E-state index is 0.179. The molecule has 0 unspecified atom stereocenters. The number of carbonyl (C=O) groups is 1. The lowest BCUT2D eigenvalue weighted by Crippen LogP contribution is -2.00. The van der Waals surface area contributed by atoms with Gasteiger partial charge in [-0.05, 0) is 42.5 Å². The zero-order valence-electron chi connectivity index (χ0n) is 10.8. The van der Waals surface area contributed by atoms with Crippen LogP contribution < -0.4 is 4.74 Å². The van der Waals surface area contributed by atoms with Crippen molar-refractivity contribution in [2.24, 2.45) is 0 Å². The monoisotopic (exact) mass is 268 g/mol. The summed E-state index contributed by atoms with van der Waals surface area (Å²) < 4.78 is 4.91. The van der Waals surface area contributed by atoms with E-state index in [0.717, 1.165) is 5.56 Å². The van der Waals surface area contributed by atoms with Crippen molar-refractivity contribution in [3.8, 4) is 29.1 Å². The molecule has 2 aromatic carbocycles. The number of hydrogen-bond acceptors (Lipinski definition) is 4. The summed E-state index contributed by atoms with van der Waals surface area (Å²) in [7, 11) is 0. The molecule has 100 valence electrons. The number of rotatable bonds is 1. The molecule has 4 nitrogen and oxygen atoms in total. The van der Waals surface area contributed by atoms with Crippen LogP contribution in [0.4, 0.5) is 0 Å². The van der Waals surface area contributed by atoms with E-state index in [4.69, 9.17) is 4.74 Å². The van der Waals surface area contributed by atoms with Gasteiger partial charge in [0.05, 0.1) is 0 Å². The first-order valence-corrected chi connectivity index (χ1v) is 5.87. The van der Waals surface area contributed by atoms with Crippen LogP contribution in [0.1, 0.15) is 18.1 Å². The molecular formula is C16H12O4. The molecule has 0 amide bonds. The van der Waals surface area contributed by atoms with Crippen molar-refractivity contribution in [3.63, 3.8) is 0 Å². The van der Waals surface area contributed by atoms with Crippen LogP contribution in [0, 0.1) is 11.8 Å². The second kappa shape index (κ2) is 5.81. The van der Waals surface area contributed by atoms with Gasteiger partial charge in [0, 0.05) is 18.1 Å². The van der Waals surface area contributed by atoms with Crippen molar-refractivity contribution in [2.75, 3.05) is 0 Å². The summed E-state index contributed by atoms with van der Waals surface area (Å²) in [6, 6.07) is 11.1. The molecule has 2 N–H and O–H groups in total. The van der Waals surface area contributed by atoms with E-state index in [1.54, 1.807) is 30.3 Å². The molecule has 2 rings (SSSR count). The summed E-state index contributed by atoms with van der Waals surface area (Å²) in [4.78, 5) is 10.8. The van der Waals surface area contributed by atoms with E-state index in [2.05, 4.69) is 11.8 Å². The van der Waals surface area contributed by atoms with Gasteiger partial charge >= 0.3 is 5.97 Å².